The van der Waals surface area contributed by atoms with Crippen LogP contribution in [0, 0.1) is 6.92 Å². The maximum Gasteiger partial charge on any atom is 0.221 e. The maximum atomic E-state index is 5.71. The number of ether oxygens (including phenoxy) is 2. The van der Waals surface area contributed by atoms with Crippen molar-refractivity contribution < 1.29 is 9.47 Å². The zero-order valence-corrected chi connectivity index (χ0v) is 11.8. The summed E-state index contributed by atoms with van der Waals surface area (Å²) < 4.78 is 11.2. The third-order valence-corrected chi connectivity index (χ3v) is 3.16. The van der Waals surface area contributed by atoms with Crippen molar-refractivity contribution in [2.45, 2.75) is 20.0 Å². The lowest BCUT2D eigenvalue weighted by molar-refractivity contribution is 0.0418. The fraction of sp³-hybridized carbons (Fsp3) is 0.692. The van der Waals surface area contributed by atoms with E-state index in [0.717, 1.165) is 37.6 Å². The van der Waals surface area contributed by atoms with Gasteiger partial charge < -0.3 is 19.7 Å². The van der Waals surface area contributed by atoms with E-state index in [9.17, 15) is 0 Å². The topological polar surface area (TPSA) is 59.5 Å². The van der Waals surface area contributed by atoms with Gasteiger partial charge in [0.05, 0.1) is 24.9 Å². The number of morpholine rings is 1. The Labute approximate surface area is 114 Å². The molecule has 2 heterocycles. The SMILES string of the molecule is CCOc1ncnc(N2CCOC(CNC)C2)c1C. The monoisotopic (exact) mass is 266 g/mol. The highest BCUT2D eigenvalue weighted by Gasteiger charge is 2.23. The van der Waals surface area contributed by atoms with Gasteiger partial charge in [-0.05, 0) is 20.9 Å². The third-order valence-electron chi connectivity index (χ3n) is 3.16. The molecule has 1 aliphatic heterocycles. The van der Waals surface area contributed by atoms with Gasteiger partial charge in [-0.25, -0.2) is 9.97 Å². The first-order valence-electron chi connectivity index (χ1n) is 6.71. The molecule has 0 bridgehead atoms. The molecule has 2 rings (SSSR count). The second-order valence-corrected chi connectivity index (χ2v) is 4.56. The van der Waals surface area contributed by atoms with Crippen LogP contribution in [0.4, 0.5) is 5.82 Å². The first kappa shape index (κ1) is 14.0. The summed E-state index contributed by atoms with van der Waals surface area (Å²) in [4.78, 5) is 10.8. The Kier molecular flexibility index (Phi) is 4.93. The lowest BCUT2D eigenvalue weighted by Gasteiger charge is -2.34. The van der Waals surface area contributed by atoms with Gasteiger partial charge in [-0.2, -0.15) is 0 Å². The van der Waals surface area contributed by atoms with Crippen LogP contribution < -0.4 is 15.0 Å². The van der Waals surface area contributed by atoms with Crippen molar-refractivity contribution in [1.82, 2.24) is 15.3 Å². The molecule has 1 unspecified atom stereocenters. The van der Waals surface area contributed by atoms with E-state index >= 15 is 0 Å². The number of hydrogen-bond acceptors (Lipinski definition) is 6. The molecule has 106 valence electrons. The summed E-state index contributed by atoms with van der Waals surface area (Å²) in [6.07, 6.45) is 1.76. The highest BCUT2D eigenvalue weighted by atomic mass is 16.5. The van der Waals surface area contributed by atoms with Crippen molar-refractivity contribution in [2.24, 2.45) is 0 Å². The fourth-order valence-corrected chi connectivity index (χ4v) is 2.29. The van der Waals surface area contributed by atoms with Crippen LogP contribution in [0.5, 0.6) is 5.88 Å². The summed E-state index contributed by atoms with van der Waals surface area (Å²) in [6, 6.07) is 0. The van der Waals surface area contributed by atoms with E-state index in [2.05, 4.69) is 20.2 Å². The molecule has 0 aromatic carbocycles. The lowest BCUT2D eigenvalue weighted by Crippen LogP contribution is -2.46. The summed E-state index contributed by atoms with van der Waals surface area (Å²) in [5.41, 5.74) is 0.995. The van der Waals surface area contributed by atoms with E-state index in [4.69, 9.17) is 9.47 Å². The second-order valence-electron chi connectivity index (χ2n) is 4.56. The molecule has 1 atom stereocenters. The van der Waals surface area contributed by atoms with Gasteiger partial charge in [0.15, 0.2) is 0 Å². The standard InChI is InChI=1S/C13H22N4O2/c1-4-18-13-10(2)12(15-9-16-13)17-5-6-19-11(8-17)7-14-3/h9,11,14H,4-8H2,1-3H3. The molecule has 6 heteroatoms. The minimum atomic E-state index is 0.198. The molecule has 0 aliphatic carbocycles. The third kappa shape index (κ3) is 3.33. The molecule has 0 saturated carbocycles. The largest absolute Gasteiger partial charge is 0.478 e. The summed E-state index contributed by atoms with van der Waals surface area (Å²) in [5.74, 6) is 1.62. The van der Waals surface area contributed by atoms with Gasteiger partial charge in [0, 0.05) is 19.6 Å². The fourth-order valence-electron chi connectivity index (χ4n) is 2.29. The van der Waals surface area contributed by atoms with Crippen LogP contribution in [0.2, 0.25) is 0 Å². The molecule has 1 aromatic heterocycles. The van der Waals surface area contributed by atoms with Gasteiger partial charge >= 0.3 is 0 Å². The molecule has 0 radical (unpaired) electrons. The van der Waals surface area contributed by atoms with Crippen molar-refractivity contribution in [3.05, 3.63) is 11.9 Å². The van der Waals surface area contributed by atoms with Crippen LogP contribution in [-0.4, -0.2) is 56.0 Å². The summed E-state index contributed by atoms with van der Waals surface area (Å²) in [5, 5.41) is 3.15. The smallest absolute Gasteiger partial charge is 0.221 e. The highest BCUT2D eigenvalue weighted by molar-refractivity contribution is 5.50. The molecule has 19 heavy (non-hydrogen) atoms. The van der Waals surface area contributed by atoms with E-state index < -0.39 is 0 Å². The van der Waals surface area contributed by atoms with Gasteiger partial charge in [-0.3, -0.25) is 0 Å². The number of anilines is 1. The van der Waals surface area contributed by atoms with E-state index in [1.807, 2.05) is 20.9 Å². The van der Waals surface area contributed by atoms with E-state index in [-0.39, 0.29) is 6.10 Å². The summed E-state index contributed by atoms with van der Waals surface area (Å²) in [6.45, 7) is 7.83. The molecular weight excluding hydrogens is 244 g/mol. The van der Waals surface area contributed by atoms with Gasteiger partial charge in [-0.15, -0.1) is 0 Å². The molecule has 6 nitrogen and oxygen atoms in total. The quantitative estimate of drug-likeness (QED) is 0.842. The number of nitrogens with one attached hydrogen (secondary N) is 1. The summed E-state index contributed by atoms with van der Waals surface area (Å²) >= 11 is 0. The van der Waals surface area contributed by atoms with Crippen LogP contribution in [0.1, 0.15) is 12.5 Å². The molecule has 0 spiro atoms. The highest BCUT2D eigenvalue weighted by Crippen LogP contribution is 2.25. The second kappa shape index (κ2) is 6.68. The molecule has 1 fully saturated rings. The Bertz CT molecular complexity index is 412. The molecular formula is C13H22N4O2. The van der Waals surface area contributed by atoms with Crippen molar-refractivity contribution in [2.75, 3.05) is 44.8 Å². The predicted octanol–water partition coefficient (Wildman–Crippen LogP) is 0.608. The first-order chi connectivity index (χ1) is 9.26. The molecule has 0 amide bonds. The van der Waals surface area contributed by atoms with Crippen molar-refractivity contribution >= 4 is 5.82 Å². The predicted molar refractivity (Wildman–Crippen MR) is 73.8 cm³/mol. The number of rotatable bonds is 5. The van der Waals surface area contributed by atoms with Crippen LogP contribution in [0.3, 0.4) is 0 Å². The Morgan fingerprint density at radius 1 is 1.53 bits per heavy atom. The average Bonchev–Trinajstić information content (AvgIpc) is 2.42. The van der Waals surface area contributed by atoms with Crippen LogP contribution in [-0.2, 0) is 4.74 Å². The Balaban J connectivity index is 2.14. The van der Waals surface area contributed by atoms with Crippen LogP contribution in [0.25, 0.3) is 0 Å². The zero-order chi connectivity index (χ0) is 13.7. The Morgan fingerprint density at radius 3 is 3.11 bits per heavy atom. The molecule has 1 aliphatic rings. The van der Waals surface area contributed by atoms with Crippen molar-refractivity contribution in [1.29, 1.82) is 0 Å². The maximum absolute atomic E-state index is 5.71. The van der Waals surface area contributed by atoms with Gasteiger partial charge in [0.1, 0.15) is 12.1 Å². The Hall–Kier alpha value is -1.40. The number of aromatic nitrogens is 2. The average molecular weight is 266 g/mol. The lowest BCUT2D eigenvalue weighted by atomic mass is 10.2. The van der Waals surface area contributed by atoms with Gasteiger partial charge in [0.25, 0.3) is 0 Å². The van der Waals surface area contributed by atoms with Crippen LogP contribution in [0.15, 0.2) is 6.33 Å². The van der Waals surface area contributed by atoms with E-state index in [1.54, 1.807) is 6.33 Å². The number of likely N-dealkylation sites (N-methyl/N-ethyl adjacent to an activating group) is 1. The summed E-state index contributed by atoms with van der Waals surface area (Å²) in [7, 11) is 1.94. The normalized spacial score (nSPS) is 19.5. The molecule has 1 saturated heterocycles. The first-order valence-corrected chi connectivity index (χ1v) is 6.71. The Morgan fingerprint density at radius 2 is 2.37 bits per heavy atom. The van der Waals surface area contributed by atoms with Crippen molar-refractivity contribution in [3.63, 3.8) is 0 Å². The van der Waals surface area contributed by atoms with E-state index in [0.29, 0.717) is 12.5 Å². The molecule has 1 aromatic rings. The minimum Gasteiger partial charge on any atom is -0.478 e. The molecule has 1 N–H and O–H groups in total. The van der Waals surface area contributed by atoms with E-state index in [1.165, 1.54) is 0 Å². The zero-order valence-electron chi connectivity index (χ0n) is 11.8. The number of nitrogens with zero attached hydrogens (tertiary/aromatic N) is 3. The van der Waals surface area contributed by atoms with Crippen molar-refractivity contribution in [3.8, 4) is 5.88 Å². The minimum absolute atomic E-state index is 0.198. The van der Waals surface area contributed by atoms with Gasteiger partial charge in [-0.1, -0.05) is 0 Å². The van der Waals surface area contributed by atoms with Crippen LogP contribution >= 0.6 is 0 Å². The number of hydrogen-bond donors (Lipinski definition) is 1. The van der Waals surface area contributed by atoms with Gasteiger partial charge in [0.2, 0.25) is 5.88 Å².